The number of imide groups is 1. The number of hydrogen-bond donors (Lipinski definition) is 2. The number of urea groups is 1. The van der Waals surface area contributed by atoms with E-state index >= 15 is 0 Å². The second-order valence-electron chi connectivity index (χ2n) is 8.87. The summed E-state index contributed by atoms with van der Waals surface area (Å²) in [4.78, 5) is 56.5. The molecule has 0 atom stereocenters. The van der Waals surface area contributed by atoms with Gasteiger partial charge in [0.05, 0.1) is 10.9 Å². The molecule has 2 aromatic heterocycles. The molecule has 0 saturated carbocycles. The van der Waals surface area contributed by atoms with Gasteiger partial charge in [0.25, 0.3) is 11.5 Å². The van der Waals surface area contributed by atoms with Crippen molar-refractivity contribution in [3.8, 4) is 0 Å². The summed E-state index contributed by atoms with van der Waals surface area (Å²) in [5.74, 6) is -1.26. The van der Waals surface area contributed by atoms with E-state index in [0.717, 1.165) is 4.90 Å². The van der Waals surface area contributed by atoms with Crippen LogP contribution < -0.4 is 16.2 Å². The number of anilines is 1. The van der Waals surface area contributed by atoms with Crippen LogP contribution in [0.3, 0.4) is 0 Å². The lowest BCUT2D eigenvalue weighted by Gasteiger charge is -2.16. The predicted octanol–water partition coefficient (Wildman–Crippen LogP) is 3.11. The largest absolute Gasteiger partial charge is 0.329 e. The molecule has 192 valence electrons. The standard InChI is InChI=1S/C27H23FN6O4/c1-15-12-18(16(2)33(15)34-17(3)29-22-7-5-4-6-21(22)25(34)36)13-23-26(37)32(27(38)31-23)14-24(35)30-20-10-8-19(28)9-11-20/h4-13H,14H2,1-3H3,(H,30,35)(H,31,38). The molecule has 4 amide bonds. The first-order chi connectivity index (χ1) is 18.1. The van der Waals surface area contributed by atoms with Crippen LogP contribution in [0.4, 0.5) is 14.9 Å². The lowest BCUT2D eigenvalue weighted by Crippen LogP contribution is -2.38. The molecule has 1 fully saturated rings. The van der Waals surface area contributed by atoms with Gasteiger partial charge in [-0.2, -0.15) is 4.68 Å². The van der Waals surface area contributed by atoms with Gasteiger partial charge in [-0.1, -0.05) is 12.1 Å². The Bertz CT molecular complexity index is 1720. The first-order valence-corrected chi connectivity index (χ1v) is 11.7. The van der Waals surface area contributed by atoms with Crippen molar-refractivity contribution in [1.82, 2.24) is 24.6 Å². The highest BCUT2D eigenvalue weighted by molar-refractivity contribution is 6.16. The minimum absolute atomic E-state index is 0.00876. The van der Waals surface area contributed by atoms with Gasteiger partial charge in [-0.3, -0.25) is 19.1 Å². The van der Waals surface area contributed by atoms with Gasteiger partial charge in [0.15, 0.2) is 0 Å². The van der Waals surface area contributed by atoms with Crippen molar-refractivity contribution in [3.05, 3.63) is 99.2 Å². The number of aromatic nitrogens is 3. The zero-order valence-corrected chi connectivity index (χ0v) is 20.8. The van der Waals surface area contributed by atoms with E-state index in [-0.39, 0.29) is 11.3 Å². The minimum Gasteiger partial charge on any atom is -0.325 e. The van der Waals surface area contributed by atoms with Crippen molar-refractivity contribution in [3.63, 3.8) is 0 Å². The van der Waals surface area contributed by atoms with Crippen LogP contribution in [0.2, 0.25) is 0 Å². The van der Waals surface area contributed by atoms with Crippen LogP contribution in [-0.4, -0.2) is 43.6 Å². The minimum atomic E-state index is -0.741. The molecule has 11 heteroatoms. The van der Waals surface area contributed by atoms with Gasteiger partial charge < -0.3 is 10.6 Å². The third-order valence-corrected chi connectivity index (χ3v) is 6.24. The number of nitrogens with one attached hydrogen (secondary N) is 2. The molecule has 1 saturated heterocycles. The number of hydrogen-bond acceptors (Lipinski definition) is 5. The van der Waals surface area contributed by atoms with Crippen LogP contribution in [0.25, 0.3) is 17.0 Å². The number of carbonyl (C=O) groups is 3. The van der Waals surface area contributed by atoms with E-state index in [0.29, 0.717) is 39.4 Å². The third kappa shape index (κ3) is 4.34. The van der Waals surface area contributed by atoms with E-state index in [9.17, 15) is 23.6 Å². The van der Waals surface area contributed by atoms with Gasteiger partial charge in [0, 0.05) is 17.1 Å². The molecule has 5 rings (SSSR count). The summed E-state index contributed by atoms with van der Waals surface area (Å²) in [6.45, 7) is 4.82. The molecule has 0 spiro atoms. The van der Waals surface area contributed by atoms with E-state index in [1.807, 2.05) is 13.0 Å². The lowest BCUT2D eigenvalue weighted by molar-refractivity contribution is -0.127. The maximum atomic E-state index is 13.3. The SMILES string of the molecule is Cc1cc(C=C2NC(=O)N(CC(=O)Nc3ccc(F)cc3)C2=O)c(C)n1-n1c(C)nc2ccccc2c1=O. The van der Waals surface area contributed by atoms with Crippen LogP contribution in [0.15, 0.2) is 65.1 Å². The number of amides is 4. The van der Waals surface area contributed by atoms with E-state index in [2.05, 4.69) is 15.6 Å². The molecular formula is C27H23FN6O4. The lowest BCUT2D eigenvalue weighted by atomic mass is 10.2. The molecule has 2 aromatic carbocycles. The first kappa shape index (κ1) is 24.6. The van der Waals surface area contributed by atoms with Crippen LogP contribution in [-0.2, 0) is 9.59 Å². The fourth-order valence-electron chi connectivity index (χ4n) is 4.45. The molecule has 0 aliphatic carbocycles. The number of para-hydroxylation sites is 1. The molecule has 1 aliphatic heterocycles. The van der Waals surface area contributed by atoms with Crippen LogP contribution in [0.1, 0.15) is 22.8 Å². The zero-order valence-electron chi connectivity index (χ0n) is 20.8. The van der Waals surface area contributed by atoms with Gasteiger partial charge in [-0.25, -0.2) is 19.1 Å². The zero-order chi connectivity index (χ0) is 27.1. The second kappa shape index (κ2) is 9.43. The second-order valence-corrected chi connectivity index (χ2v) is 8.87. The van der Waals surface area contributed by atoms with Gasteiger partial charge in [0.1, 0.15) is 23.9 Å². The van der Waals surface area contributed by atoms with Crippen LogP contribution in [0.5, 0.6) is 0 Å². The first-order valence-electron chi connectivity index (χ1n) is 11.7. The molecule has 0 radical (unpaired) electrons. The molecule has 3 heterocycles. The maximum Gasteiger partial charge on any atom is 0.329 e. The Morgan fingerprint density at radius 1 is 1.03 bits per heavy atom. The number of halogens is 1. The van der Waals surface area contributed by atoms with Crippen molar-refractivity contribution >= 4 is 40.5 Å². The highest BCUT2D eigenvalue weighted by atomic mass is 19.1. The Morgan fingerprint density at radius 3 is 2.47 bits per heavy atom. The third-order valence-electron chi connectivity index (χ3n) is 6.24. The Morgan fingerprint density at radius 2 is 1.74 bits per heavy atom. The fraction of sp³-hybridized carbons (Fsp3) is 0.148. The van der Waals surface area contributed by atoms with E-state index in [1.54, 1.807) is 42.8 Å². The van der Waals surface area contributed by atoms with Gasteiger partial charge in [-0.05, 0) is 74.9 Å². The average molecular weight is 515 g/mol. The van der Waals surface area contributed by atoms with E-state index < -0.39 is 30.2 Å². The predicted molar refractivity (Wildman–Crippen MR) is 139 cm³/mol. The van der Waals surface area contributed by atoms with Crippen LogP contribution >= 0.6 is 0 Å². The van der Waals surface area contributed by atoms with Gasteiger partial charge in [-0.15, -0.1) is 0 Å². The fourth-order valence-corrected chi connectivity index (χ4v) is 4.45. The van der Waals surface area contributed by atoms with Crippen molar-refractivity contribution < 1.29 is 18.8 Å². The molecule has 0 unspecified atom stereocenters. The number of nitrogens with zero attached hydrogens (tertiary/aromatic N) is 4. The Hall–Kier alpha value is -5.06. The molecule has 10 nitrogen and oxygen atoms in total. The number of aryl methyl sites for hydroxylation is 2. The normalized spacial score (nSPS) is 14.4. The molecule has 4 aromatic rings. The van der Waals surface area contributed by atoms with E-state index in [1.165, 1.54) is 35.0 Å². The molecule has 1 aliphatic rings. The van der Waals surface area contributed by atoms with Crippen molar-refractivity contribution in [1.29, 1.82) is 0 Å². The topological polar surface area (TPSA) is 118 Å². The molecule has 0 bridgehead atoms. The number of benzene rings is 2. The Kier molecular flexibility index (Phi) is 6.11. The van der Waals surface area contributed by atoms with Crippen molar-refractivity contribution in [2.75, 3.05) is 11.9 Å². The summed E-state index contributed by atoms with van der Waals surface area (Å²) >= 11 is 0. The smallest absolute Gasteiger partial charge is 0.325 e. The maximum absolute atomic E-state index is 13.3. The van der Waals surface area contributed by atoms with Crippen LogP contribution in [0, 0.1) is 26.6 Å². The summed E-state index contributed by atoms with van der Waals surface area (Å²) in [7, 11) is 0. The summed E-state index contributed by atoms with van der Waals surface area (Å²) in [6.07, 6.45) is 1.51. The average Bonchev–Trinajstić information content (AvgIpc) is 3.30. The van der Waals surface area contributed by atoms with Gasteiger partial charge >= 0.3 is 6.03 Å². The quantitative estimate of drug-likeness (QED) is 0.314. The Balaban J connectivity index is 1.42. The highest BCUT2D eigenvalue weighted by Gasteiger charge is 2.35. The molecule has 2 N–H and O–H groups in total. The summed E-state index contributed by atoms with van der Waals surface area (Å²) in [5.41, 5.74) is 2.64. The summed E-state index contributed by atoms with van der Waals surface area (Å²) in [6, 6.07) is 13.2. The Labute approximate surface area is 216 Å². The van der Waals surface area contributed by atoms with Crippen molar-refractivity contribution in [2.45, 2.75) is 20.8 Å². The number of carbonyl (C=O) groups excluding carboxylic acids is 3. The van der Waals surface area contributed by atoms with E-state index in [4.69, 9.17) is 0 Å². The van der Waals surface area contributed by atoms with Crippen molar-refractivity contribution in [2.24, 2.45) is 0 Å². The number of fused-ring (bicyclic) bond motifs is 1. The summed E-state index contributed by atoms with van der Waals surface area (Å²) in [5, 5.41) is 5.49. The number of rotatable bonds is 5. The van der Waals surface area contributed by atoms with Gasteiger partial charge in [0.2, 0.25) is 5.91 Å². The molecule has 38 heavy (non-hydrogen) atoms. The molecular weight excluding hydrogens is 491 g/mol. The summed E-state index contributed by atoms with van der Waals surface area (Å²) < 4.78 is 16.3. The highest BCUT2D eigenvalue weighted by Crippen LogP contribution is 2.21. The monoisotopic (exact) mass is 514 g/mol.